The third-order valence-electron chi connectivity index (χ3n) is 13.7. The van der Waals surface area contributed by atoms with Crippen molar-refractivity contribution in [1.29, 1.82) is 0 Å². The van der Waals surface area contributed by atoms with E-state index in [1.165, 1.54) is 96.0 Å². The first-order chi connectivity index (χ1) is 33.6. The van der Waals surface area contributed by atoms with Gasteiger partial charge in [0, 0.05) is 63.5 Å². The zero-order valence-electron chi connectivity index (χ0n) is 36.7. The third kappa shape index (κ3) is 6.52. The van der Waals surface area contributed by atoms with Crippen molar-refractivity contribution in [3.8, 4) is 66.8 Å². The molecule has 14 rings (SSSR count). The largest absolute Gasteiger partial charge is 0.252 e. The molecule has 0 saturated carbocycles. The summed E-state index contributed by atoms with van der Waals surface area (Å²) < 4.78 is 5.29. The van der Waals surface area contributed by atoms with Gasteiger partial charge in [0.1, 0.15) is 0 Å². The second-order valence-corrected chi connectivity index (χ2v) is 19.9. The van der Waals surface area contributed by atoms with Crippen LogP contribution in [-0.2, 0) is 0 Å². The van der Waals surface area contributed by atoms with Gasteiger partial charge in [-0.3, -0.25) is 9.97 Å². The Balaban J connectivity index is 0.825. The Kier molecular flexibility index (Phi) is 8.98. The quantitative estimate of drug-likeness (QED) is 0.155. The van der Waals surface area contributed by atoms with Gasteiger partial charge in [-0.05, 0) is 138 Å². The van der Waals surface area contributed by atoms with Crippen LogP contribution in [-0.4, -0.2) is 9.97 Å². The topological polar surface area (TPSA) is 25.8 Å². The Morgan fingerprint density at radius 3 is 0.868 bits per heavy atom. The summed E-state index contributed by atoms with van der Waals surface area (Å²) in [5, 5.41) is 9.82. The van der Waals surface area contributed by atoms with E-state index in [0.717, 1.165) is 43.7 Å². The normalized spacial score (nSPS) is 11.8. The number of thiophene rings is 2. The second kappa shape index (κ2) is 15.7. The van der Waals surface area contributed by atoms with Gasteiger partial charge in [0.25, 0.3) is 0 Å². The molecule has 68 heavy (non-hydrogen) atoms. The van der Waals surface area contributed by atoms with Gasteiger partial charge in [-0.15, -0.1) is 22.7 Å². The summed E-state index contributed by atoms with van der Waals surface area (Å²) >= 11 is 3.73. The maximum absolute atomic E-state index is 4.89. The Morgan fingerprint density at radius 1 is 0.206 bits per heavy atom. The summed E-state index contributed by atoms with van der Waals surface area (Å²) in [5.41, 5.74) is 16.2. The molecular weight excluding hydrogens is 861 g/mol. The first-order valence-corrected chi connectivity index (χ1v) is 24.6. The van der Waals surface area contributed by atoms with Gasteiger partial charge < -0.3 is 0 Å². The summed E-state index contributed by atoms with van der Waals surface area (Å²) in [4.78, 5) is 9.79. The van der Waals surface area contributed by atoms with Gasteiger partial charge in [0.2, 0.25) is 0 Å². The molecule has 0 amide bonds. The van der Waals surface area contributed by atoms with E-state index in [2.05, 4.69) is 218 Å². The Labute approximate surface area is 400 Å². The molecule has 0 aliphatic rings. The van der Waals surface area contributed by atoms with Crippen molar-refractivity contribution >= 4 is 95.6 Å². The average Bonchev–Trinajstić information content (AvgIpc) is 3.98. The highest BCUT2D eigenvalue weighted by molar-refractivity contribution is 7.26. The molecule has 4 heteroatoms. The van der Waals surface area contributed by atoms with Crippen LogP contribution in [0, 0.1) is 0 Å². The molecule has 0 unspecified atom stereocenters. The molecule has 0 N–H and O–H groups in total. The predicted molar refractivity (Wildman–Crippen MR) is 293 cm³/mol. The van der Waals surface area contributed by atoms with Crippen LogP contribution in [0.3, 0.4) is 0 Å². The lowest BCUT2D eigenvalue weighted by Gasteiger charge is -2.13. The van der Waals surface area contributed by atoms with Crippen LogP contribution in [0.5, 0.6) is 0 Å². The molecule has 2 nitrogen and oxygen atoms in total. The number of fused-ring (bicyclic) bond motifs is 12. The van der Waals surface area contributed by atoms with Crippen molar-refractivity contribution in [3.05, 3.63) is 231 Å². The molecule has 0 aliphatic carbocycles. The average molecular weight is 899 g/mol. The smallest absolute Gasteiger partial charge is 0.0971 e. The van der Waals surface area contributed by atoms with E-state index >= 15 is 0 Å². The first-order valence-electron chi connectivity index (χ1n) is 23.0. The van der Waals surface area contributed by atoms with Gasteiger partial charge in [0.05, 0.1) is 11.0 Å². The van der Waals surface area contributed by atoms with Crippen molar-refractivity contribution < 1.29 is 0 Å². The fourth-order valence-electron chi connectivity index (χ4n) is 10.4. The molecule has 3 aromatic heterocycles. The molecule has 316 valence electrons. The van der Waals surface area contributed by atoms with Crippen LogP contribution < -0.4 is 0 Å². The maximum atomic E-state index is 4.89. The minimum absolute atomic E-state index is 0.919. The number of hydrogen-bond acceptors (Lipinski definition) is 4. The fraction of sp³-hybridized carbons (Fsp3) is 0. The molecule has 0 saturated heterocycles. The number of aromatic nitrogens is 2. The van der Waals surface area contributed by atoms with E-state index in [1.54, 1.807) is 12.4 Å². The van der Waals surface area contributed by atoms with Crippen LogP contribution in [0.4, 0.5) is 0 Å². The molecule has 0 bridgehead atoms. The number of nitrogens with zero attached hydrogens (tertiary/aromatic N) is 2. The summed E-state index contributed by atoms with van der Waals surface area (Å²) in [6, 6.07) is 80.6. The van der Waals surface area contributed by atoms with Crippen molar-refractivity contribution in [2.75, 3.05) is 0 Å². The standard InChI is InChI=1S/C64H38N2S2/c1-3-19-59-51(17-1)53-25-21-49(37-61(53)67-59)45-15-7-11-41(33-45)39-9-5-13-43(31-39)47-23-27-55-57(35-47)58-36-48(24-28-56(58)64-63(55)65-29-30-66-64)44-14-6-10-40(32-44)42-12-8-16-46(34-42)50-22-26-54-52-18-2-4-20-60(52)68-62(54)38-50/h1-38H. The highest BCUT2D eigenvalue weighted by Crippen LogP contribution is 2.42. The van der Waals surface area contributed by atoms with Crippen molar-refractivity contribution in [3.63, 3.8) is 0 Å². The van der Waals surface area contributed by atoms with Gasteiger partial charge in [0.15, 0.2) is 0 Å². The van der Waals surface area contributed by atoms with Crippen LogP contribution in [0.25, 0.3) is 140 Å². The molecule has 0 fully saturated rings. The lowest BCUT2D eigenvalue weighted by molar-refractivity contribution is 1.31. The Morgan fingerprint density at radius 2 is 0.500 bits per heavy atom. The lowest BCUT2D eigenvalue weighted by Crippen LogP contribution is -1.90. The number of benzene rings is 11. The lowest BCUT2D eigenvalue weighted by atomic mass is 9.91. The van der Waals surface area contributed by atoms with E-state index in [4.69, 9.17) is 9.97 Å². The van der Waals surface area contributed by atoms with Gasteiger partial charge in [-0.25, -0.2) is 0 Å². The number of hydrogen-bond donors (Lipinski definition) is 0. The van der Waals surface area contributed by atoms with E-state index in [1.807, 2.05) is 22.7 Å². The number of rotatable bonds is 6. The zero-order chi connectivity index (χ0) is 44.7. The summed E-state index contributed by atoms with van der Waals surface area (Å²) in [5.74, 6) is 0. The Bertz CT molecular complexity index is 4070. The van der Waals surface area contributed by atoms with Crippen LogP contribution in [0.15, 0.2) is 231 Å². The monoisotopic (exact) mass is 898 g/mol. The van der Waals surface area contributed by atoms with Gasteiger partial charge in [-0.2, -0.15) is 0 Å². The van der Waals surface area contributed by atoms with Crippen LogP contribution in [0.2, 0.25) is 0 Å². The molecule has 0 atom stereocenters. The predicted octanol–water partition coefficient (Wildman–Crippen LogP) is 18.7. The van der Waals surface area contributed by atoms with E-state index in [9.17, 15) is 0 Å². The van der Waals surface area contributed by atoms with Crippen molar-refractivity contribution in [2.45, 2.75) is 0 Å². The van der Waals surface area contributed by atoms with Gasteiger partial charge >= 0.3 is 0 Å². The zero-order valence-corrected chi connectivity index (χ0v) is 38.3. The minimum Gasteiger partial charge on any atom is -0.252 e. The molecule has 0 aliphatic heterocycles. The van der Waals surface area contributed by atoms with Crippen molar-refractivity contribution in [2.24, 2.45) is 0 Å². The molecule has 0 radical (unpaired) electrons. The Hall–Kier alpha value is -8.28. The summed E-state index contributed by atoms with van der Waals surface area (Å²) in [6.45, 7) is 0. The first kappa shape index (κ1) is 38.9. The summed E-state index contributed by atoms with van der Waals surface area (Å²) in [6.07, 6.45) is 3.60. The fourth-order valence-corrected chi connectivity index (χ4v) is 12.7. The highest BCUT2D eigenvalue weighted by atomic mass is 32.1. The molecule has 0 spiro atoms. The van der Waals surface area contributed by atoms with Crippen molar-refractivity contribution in [1.82, 2.24) is 9.97 Å². The maximum Gasteiger partial charge on any atom is 0.0971 e. The SMILES string of the molecule is c1cc(-c2cccc(-c3ccc4c(c3)c3cc(-c5cccc(-c6cccc(-c7ccc8c(c7)sc7ccccc78)c6)c5)ccc3c3nccnc43)c2)cc(-c2ccc3c(c2)sc2ccccc23)c1. The van der Waals surface area contributed by atoms with E-state index < -0.39 is 0 Å². The summed E-state index contributed by atoms with van der Waals surface area (Å²) in [7, 11) is 0. The van der Waals surface area contributed by atoms with Gasteiger partial charge in [-0.1, -0.05) is 158 Å². The van der Waals surface area contributed by atoms with E-state index in [0.29, 0.717) is 0 Å². The van der Waals surface area contributed by atoms with Crippen LogP contribution in [0.1, 0.15) is 0 Å². The molecule has 14 aromatic rings. The highest BCUT2D eigenvalue weighted by Gasteiger charge is 2.15. The van der Waals surface area contributed by atoms with Crippen LogP contribution >= 0.6 is 22.7 Å². The molecule has 11 aromatic carbocycles. The second-order valence-electron chi connectivity index (χ2n) is 17.7. The molecular formula is C64H38N2S2. The molecule has 3 heterocycles. The third-order valence-corrected chi connectivity index (χ3v) is 16.0. The van der Waals surface area contributed by atoms with E-state index in [-0.39, 0.29) is 0 Å². The minimum atomic E-state index is 0.919.